The highest BCUT2D eigenvalue weighted by atomic mass is 32.2. The summed E-state index contributed by atoms with van der Waals surface area (Å²) >= 11 is 0. The van der Waals surface area contributed by atoms with Crippen molar-refractivity contribution in [2.45, 2.75) is 56.5 Å². The van der Waals surface area contributed by atoms with Crippen molar-refractivity contribution in [2.75, 3.05) is 12.3 Å². The SMILES string of the molecule is NCCCCC=CCCCCCCS(=O)c1ncn[nH]1. The van der Waals surface area contributed by atoms with Crippen molar-refractivity contribution in [2.24, 2.45) is 5.73 Å². The summed E-state index contributed by atoms with van der Waals surface area (Å²) in [6.07, 6.45) is 15.0. The van der Waals surface area contributed by atoms with E-state index in [0.29, 0.717) is 10.9 Å². The van der Waals surface area contributed by atoms with Gasteiger partial charge in [0.25, 0.3) is 0 Å². The van der Waals surface area contributed by atoms with Gasteiger partial charge in [0.15, 0.2) is 0 Å². The Labute approximate surface area is 123 Å². The normalized spacial score (nSPS) is 13.1. The van der Waals surface area contributed by atoms with E-state index in [9.17, 15) is 4.21 Å². The number of unbranched alkanes of at least 4 members (excludes halogenated alkanes) is 6. The van der Waals surface area contributed by atoms with E-state index in [0.717, 1.165) is 38.6 Å². The third kappa shape index (κ3) is 8.22. The van der Waals surface area contributed by atoms with Crippen molar-refractivity contribution in [1.29, 1.82) is 0 Å². The largest absolute Gasteiger partial charge is 0.330 e. The third-order valence-electron chi connectivity index (χ3n) is 3.05. The summed E-state index contributed by atoms with van der Waals surface area (Å²) in [6.45, 7) is 0.795. The van der Waals surface area contributed by atoms with Crippen LogP contribution in [0.25, 0.3) is 0 Å². The summed E-state index contributed by atoms with van der Waals surface area (Å²) in [4.78, 5) is 3.90. The highest BCUT2D eigenvalue weighted by Crippen LogP contribution is 2.07. The molecular weight excluding hydrogens is 272 g/mol. The van der Waals surface area contributed by atoms with Gasteiger partial charge >= 0.3 is 0 Å². The lowest BCUT2D eigenvalue weighted by molar-refractivity contribution is 0.653. The molecule has 0 spiro atoms. The minimum atomic E-state index is -1.02. The molecule has 6 heteroatoms. The Morgan fingerprint density at radius 1 is 1.10 bits per heavy atom. The van der Waals surface area contributed by atoms with Crippen molar-refractivity contribution in [3.63, 3.8) is 0 Å². The average Bonchev–Trinajstić information content (AvgIpc) is 2.99. The Hall–Kier alpha value is -1.01. The van der Waals surface area contributed by atoms with E-state index >= 15 is 0 Å². The minimum absolute atomic E-state index is 0.491. The van der Waals surface area contributed by atoms with Crippen molar-refractivity contribution >= 4 is 10.8 Å². The number of H-pyrrole nitrogens is 1. The van der Waals surface area contributed by atoms with Gasteiger partial charge in [0.2, 0.25) is 5.16 Å². The lowest BCUT2D eigenvalue weighted by Crippen LogP contribution is -2.00. The van der Waals surface area contributed by atoms with Gasteiger partial charge in [-0.25, -0.2) is 4.98 Å². The van der Waals surface area contributed by atoms with Gasteiger partial charge in [0, 0.05) is 5.75 Å². The minimum Gasteiger partial charge on any atom is -0.330 e. The molecule has 114 valence electrons. The average molecular weight is 298 g/mol. The Kier molecular flexibility index (Phi) is 10.0. The molecule has 0 saturated carbocycles. The number of allylic oxidation sites excluding steroid dienone is 2. The number of nitrogens with two attached hydrogens (primary N) is 1. The summed E-state index contributed by atoms with van der Waals surface area (Å²) in [5.41, 5.74) is 5.43. The molecule has 3 N–H and O–H groups in total. The number of rotatable bonds is 12. The van der Waals surface area contributed by atoms with Crippen LogP contribution in [0.4, 0.5) is 0 Å². The van der Waals surface area contributed by atoms with E-state index in [1.807, 2.05) is 0 Å². The summed E-state index contributed by atoms with van der Waals surface area (Å²) in [5.74, 6) is 0.671. The number of aromatic amines is 1. The standard InChI is InChI=1S/C14H26N4OS/c15-11-9-7-5-3-1-2-4-6-8-10-12-20(19)14-16-13-17-18-14/h1,3,13H,2,4-12,15H2,(H,16,17,18). The summed E-state index contributed by atoms with van der Waals surface area (Å²) in [6, 6.07) is 0. The van der Waals surface area contributed by atoms with Crippen LogP contribution in [-0.4, -0.2) is 31.7 Å². The quantitative estimate of drug-likeness (QED) is 0.459. The maximum Gasteiger partial charge on any atom is 0.214 e. The van der Waals surface area contributed by atoms with Gasteiger partial charge in [-0.15, -0.1) is 0 Å². The second-order valence-electron chi connectivity index (χ2n) is 4.80. The molecule has 1 aromatic rings. The Morgan fingerprint density at radius 2 is 1.80 bits per heavy atom. The van der Waals surface area contributed by atoms with E-state index in [1.165, 1.54) is 25.6 Å². The predicted octanol–water partition coefficient (Wildman–Crippen LogP) is 2.55. The first kappa shape index (κ1) is 17.0. The Morgan fingerprint density at radius 3 is 2.45 bits per heavy atom. The van der Waals surface area contributed by atoms with Gasteiger partial charge in [-0.05, 0) is 45.1 Å². The molecule has 1 aromatic heterocycles. The van der Waals surface area contributed by atoms with E-state index in [2.05, 4.69) is 27.3 Å². The number of aromatic nitrogens is 3. The first-order valence-electron chi connectivity index (χ1n) is 7.43. The molecule has 1 heterocycles. The molecule has 20 heavy (non-hydrogen) atoms. The number of hydrogen-bond acceptors (Lipinski definition) is 4. The zero-order chi connectivity index (χ0) is 14.5. The van der Waals surface area contributed by atoms with E-state index in [4.69, 9.17) is 5.73 Å². The molecule has 0 saturated heterocycles. The first-order valence-corrected chi connectivity index (χ1v) is 8.75. The maximum absolute atomic E-state index is 11.7. The van der Waals surface area contributed by atoms with Crippen LogP contribution in [0.15, 0.2) is 23.6 Å². The molecule has 0 aliphatic carbocycles. The van der Waals surface area contributed by atoms with Gasteiger partial charge < -0.3 is 5.73 Å². The smallest absolute Gasteiger partial charge is 0.214 e. The monoisotopic (exact) mass is 298 g/mol. The van der Waals surface area contributed by atoms with Gasteiger partial charge in [-0.2, -0.15) is 5.10 Å². The molecule has 5 nitrogen and oxygen atoms in total. The third-order valence-corrected chi connectivity index (χ3v) is 4.34. The predicted molar refractivity (Wildman–Crippen MR) is 82.8 cm³/mol. The fourth-order valence-electron chi connectivity index (χ4n) is 1.89. The zero-order valence-corrected chi connectivity index (χ0v) is 12.9. The van der Waals surface area contributed by atoms with Crippen LogP contribution in [0, 0.1) is 0 Å². The second-order valence-corrected chi connectivity index (χ2v) is 6.29. The van der Waals surface area contributed by atoms with Crippen LogP contribution in [0.1, 0.15) is 51.4 Å². The lowest BCUT2D eigenvalue weighted by Gasteiger charge is -1.99. The number of hydrogen-bond donors (Lipinski definition) is 2. The van der Waals surface area contributed by atoms with Crippen molar-refractivity contribution < 1.29 is 4.21 Å². The van der Waals surface area contributed by atoms with Gasteiger partial charge in [-0.1, -0.05) is 25.0 Å². The van der Waals surface area contributed by atoms with Gasteiger partial charge in [-0.3, -0.25) is 9.31 Å². The van der Waals surface area contributed by atoms with Gasteiger partial charge in [0.05, 0.1) is 10.8 Å². The molecule has 0 aliphatic rings. The maximum atomic E-state index is 11.7. The van der Waals surface area contributed by atoms with E-state index in [1.54, 1.807) is 0 Å². The number of nitrogens with zero attached hydrogens (tertiary/aromatic N) is 2. The van der Waals surface area contributed by atoms with Crippen molar-refractivity contribution in [3.8, 4) is 0 Å². The van der Waals surface area contributed by atoms with E-state index < -0.39 is 10.8 Å². The molecule has 1 unspecified atom stereocenters. The van der Waals surface area contributed by atoms with Crippen LogP contribution in [-0.2, 0) is 10.8 Å². The molecule has 0 aromatic carbocycles. The van der Waals surface area contributed by atoms with Crippen LogP contribution in [0.5, 0.6) is 0 Å². The Bertz CT molecular complexity index is 379. The van der Waals surface area contributed by atoms with Crippen LogP contribution >= 0.6 is 0 Å². The highest BCUT2D eigenvalue weighted by molar-refractivity contribution is 7.84. The zero-order valence-electron chi connectivity index (χ0n) is 12.1. The fraction of sp³-hybridized carbons (Fsp3) is 0.714. The molecular formula is C14H26N4OS. The number of nitrogens with one attached hydrogen (secondary N) is 1. The Balaban J connectivity index is 1.89. The van der Waals surface area contributed by atoms with Crippen LogP contribution in [0.2, 0.25) is 0 Å². The summed E-state index contributed by atoms with van der Waals surface area (Å²) < 4.78 is 11.7. The first-order chi connectivity index (χ1) is 9.84. The molecule has 0 bridgehead atoms. The molecule has 1 rings (SSSR count). The van der Waals surface area contributed by atoms with Crippen molar-refractivity contribution in [1.82, 2.24) is 15.2 Å². The molecule has 0 amide bonds. The van der Waals surface area contributed by atoms with E-state index in [-0.39, 0.29) is 0 Å². The highest BCUT2D eigenvalue weighted by Gasteiger charge is 2.05. The van der Waals surface area contributed by atoms with Gasteiger partial charge in [0.1, 0.15) is 6.33 Å². The summed E-state index contributed by atoms with van der Waals surface area (Å²) in [5, 5.41) is 6.84. The van der Waals surface area contributed by atoms with Crippen LogP contribution in [0.3, 0.4) is 0 Å². The lowest BCUT2D eigenvalue weighted by atomic mass is 10.1. The topological polar surface area (TPSA) is 84.7 Å². The molecule has 0 fully saturated rings. The fourth-order valence-corrected chi connectivity index (χ4v) is 2.87. The van der Waals surface area contributed by atoms with Crippen LogP contribution < -0.4 is 5.73 Å². The molecule has 0 aliphatic heterocycles. The summed E-state index contributed by atoms with van der Waals surface area (Å²) in [7, 11) is -1.02. The molecule has 0 radical (unpaired) electrons. The second kappa shape index (κ2) is 11.8. The van der Waals surface area contributed by atoms with Crippen molar-refractivity contribution in [3.05, 3.63) is 18.5 Å². The molecule has 1 atom stereocenters.